The molecule has 2 aliphatic rings. The monoisotopic (exact) mass is 190 g/mol. The fourth-order valence-corrected chi connectivity index (χ4v) is 2.66. The van der Waals surface area contributed by atoms with Crippen molar-refractivity contribution in [2.24, 2.45) is 0 Å². The van der Waals surface area contributed by atoms with Gasteiger partial charge in [-0.15, -0.1) is 11.8 Å². The molecule has 1 atom stereocenters. The third kappa shape index (κ3) is 1.11. The zero-order chi connectivity index (χ0) is 8.67. The van der Waals surface area contributed by atoms with E-state index in [1.165, 1.54) is 17.1 Å². The maximum Gasteiger partial charge on any atom is 0.0762 e. The van der Waals surface area contributed by atoms with Gasteiger partial charge in [-0.25, -0.2) is 0 Å². The molecular weight excluding hydrogens is 180 g/mol. The zero-order valence-corrected chi connectivity index (χ0v) is 7.90. The van der Waals surface area contributed by atoms with Gasteiger partial charge in [0, 0.05) is 11.4 Å². The van der Waals surface area contributed by atoms with Crippen molar-refractivity contribution in [2.45, 2.75) is 6.04 Å². The molecule has 0 amide bonds. The van der Waals surface area contributed by atoms with Gasteiger partial charge < -0.3 is 10.6 Å². The second kappa shape index (κ2) is 2.70. The summed E-state index contributed by atoms with van der Waals surface area (Å²) in [5.74, 6) is 1.14. The minimum atomic E-state index is 0.486. The first kappa shape index (κ1) is 7.33. The van der Waals surface area contributed by atoms with Crippen molar-refractivity contribution >= 4 is 23.1 Å². The molecule has 0 saturated carbocycles. The van der Waals surface area contributed by atoms with Crippen molar-refractivity contribution in [3.8, 4) is 0 Å². The Kier molecular flexibility index (Phi) is 1.52. The number of para-hydroxylation sites is 2. The molecule has 2 nitrogen and oxygen atoms in total. The first-order chi connectivity index (χ1) is 6.43. The van der Waals surface area contributed by atoms with Crippen LogP contribution in [-0.4, -0.2) is 11.8 Å². The van der Waals surface area contributed by atoms with Crippen LogP contribution in [0.25, 0.3) is 0 Å². The first-order valence-electron chi connectivity index (χ1n) is 4.38. The van der Waals surface area contributed by atoms with Crippen LogP contribution in [0.15, 0.2) is 35.4 Å². The number of hydrogen-bond acceptors (Lipinski definition) is 3. The minimum Gasteiger partial charge on any atom is -0.374 e. The van der Waals surface area contributed by atoms with E-state index in [1.54, 1.807) is 0 Å². The molecule has 1 aromatic rings. The van der Waals surface area contributed by atoms with Crippen molar-refractivity contribution in [3.63, 3.8) is 0 Å². The van der Waals surface area contributed by atoms with Gasteiger partial charge in [0.05, 0.1) is 17.4 Å². The predicted octanol–water partition coefficient (Wildman–Crippen LogP) is 2.48. The van der Waals surface area contributed by atoms with E-state index < -0.39 is 0 Å². The van der Waals surface area contributed by atoms with Gasteiger partial charge in [-0.2, -0.15) is 0 Å². The van der Waals surface area contributed by atoms with E-state index in [1.807, 2.05) is 11.8 Å². The van der Waals surface area contributed by atoms with Gasteiger partial charge in [-0.1, -0.05) is 12.1 Å². The van der Waals surface area contributed by atoms with Crippen molar-refractivity contribution < 1.29 is 0 Å². The molecular formula is C10H10N2S. The van der Waals surface area contributed by atoms with Gasteiger partial charge in [0.25, 0.3) is 0 Å². The smallest absolute Gasteiger partial charge is 0.0762 e. The van der Waals surface area contributed by atoms with E-state index in [9.17, 15) is 0 Å². The standard InChI is InChI=1S/C10H10N2S/c1-2-4-8-7(3-1)11-9-5-13-6-10(9)12-8/h1-5,10-12H,6H2. The molecule has 3 rings (SSSR count). The second-order valence-electron chi connectivity index (χ2n) is 3.27. The minimum absolute atomic E-state index is 0.486. The number of thioether (sulfide) groups is 1. The van der Waals surface area contributed by atoms with Gasteiger partial charge in [0.15, 0.2) is 0 Å². The Balaban J connectivity index is 2.04. The van der Waals surface area contributed by atoms with Crippen LogP contribution >= 0.6 is 11.8 Å². The van der Waals surface area contributed by atoms with E-state index in [0.717, 1.165) is 5.75 Å². The average Bonchev–Trinajstić information content (AvgIpc) is 2.61. The number of benzene rings is 1. The van der Waals surface area contributed by atoms with Gasteiger partial charge in [0.2, 0.25) is 0 Å². The molecule has 0 spiro atoms. The third-order valence-electron chi connectivity index (χ3n) is 2.38. The summed E-state index contributed by atoms with van der Waals surface area (Å²) in [7, 11) is 0. The van der Waals surface area contributed by atoms with E-state index >= 15 is 0 Å². The fraction of sp³-hybridized carbons (Fsp3) is 0.200. The Morgan fingerprint density at radius 1 is 1.23 bits per heavy atom. The number of rotatable bonds is 0. The van der Waals surface area contributed by atoms with Crippen LogP contribution < -0.4 is 10.6 Å². The fourth-order valence-electron chi connectivity index (χ4n) is 1.70. The molecule has 66 valence electrons. The molecule has 0 fully saturated rings. The molecule has 2 heterocycles. The molecule has 0 radical (unpaired) electrons. The highest BCUT2D eigenvalue weighted by molar-refractivity contribution is 8.02. The van der Waals surface area contributed by atoms with Crippen LogP contribution in [-0.2, 0) is 0 Å². The van der Waals surface area contributed by atoms with E-state index in [2.05, 4.69) is 40.3 Å². The molecule has 13 heavy (non-hydrogen) atoms. The summed E-state index contributed by atoms with van der Waals surface area (Å²) in [6.45, 7) is 0. The summed E-state index contributed by atoms with van der Waals surface area (Å²) in [6, 6.07) is 8.81. The molecule has 3 heteroatoms. The number of nitrogens with one attached hydrogen (secondary N) is 2. The maximum absolute atomic E-state index is 3.51. The summed E-state index contributed by atoms with van der Waals surface area (Å²) in [5.41, 5.74) is 3.71. The maximum atomic E-state index is 3.51. The van der Waals surface area contributed by atoms with Crippen LogP contribution in [0.2, 0.25) is 0 Å². The van der Waals surface area contributed by atoms with Crippen LogP contribution in [0.5, 0.6) is 0 Å². The van der Waals surface area contributed by atoms with Gasteiger partial charge in [0.1, 0.15) is 0 Å². The average molecular weight is 190 g/mol. The number of fused-ring (bicyclic) bond motifs is 2. The highest BCUT2D eigenvalue weighted by atomic mass is 32.2. The largest absolute Gasteiger partial charge is 0.374 e. The molecule has 2 N–H and O–H groups in total. The molecule has 1 aromatic carbocycles. The summed E-state index contributed by atoms with van der Waals surface area (Å²) in [5, 5.41) is 9.15. The molecule has 2 aliphatic heterocycles. The summed E-state index contributed by atoms with van der Waals surface area (Å²) in [6.07, 6.45) is 0. The topological polar surface area (TPSA) is 24.1 Å². The van der Waals surface area contributed by atoms with Crippen LogP contribution in [0.3, 0.4) is 0 Å². The lowest BCUT2D eigenvalue weighted by Gasteiger charge is -2.27. The van der Waals surface area contributed by atoms with Gasteiger partial charge >= 0.3 is 0 Å². The third-order valence-corrected chi connectivity index (χ3v) is 3.33. The SMILES string of the molecule is C1=C2Nc3ccccc3NC2CS1. The highest BCUT2D eigenvalue weighted by Crippen LogP contribution is 2.35. The van der Waals surface area contributed by atoms with Crippen molar-refractivity contribution in [2.75, 3.05) is 16.4 Å². The summed E-state index contributed by atoms with van der Waals surface area (Å²) in [4.78, 5) is 0. The predicted molar refractivity (Wildman–Crippen MR) is 58.0 cm³/mol. The van der Waals surface area contributed by atoms with E-state index in [0.29, 0.717) is 6.04 Å². The Hall–Kier alpha value is -1.09. The lowest BCUT2D eigenvalue weighted by Crippen LogP contribution is -2.30. The Bertz CT molecular complexity index is 373. The lowest BCUT2D eigenvalue weighted by molar-refractivity contribution is 0.941. The first-order valence-corrected chi connectivity index (χ1v) is 5.42. The Morgan fingerprint density at radius 2 is 2.08 bits per heavy atom. The molecule has 0 aliphatic carbocycles. The van der Waals surface area contributed by atoms with Crippen LogP contribution in [0.1, 0.15) is 0 Å². The quantitative estimate of drug-likeness (QED) is 0.657. The summed E-state index contributed by atoms with van der Waals surface area (Å²) < 4.78 is 0. The molecule has 0 aromatic heterocycles. The molecule has 0 bridgehead atoms. The van der Waals surface area contributed by atoms with Crippen LogP contribution in [0, 0.1) is 0 Å². The number of anilines is 2. The molecule has 0 saturated heterocycles. The number of hydrogen-bond donors (Lipinski definition) is 2. The highest BCUT2D eigenvalue weighted by Gasteiger charge is 2.24. The zero-order valence-electron chi connectivity index (χ0n) is 7.08. The van der Waals surface area contributed by atoms with Crippen molar-refractivity contribution in [1.29, 1.82) is 0 Å². The Labute approximate surface area is 81.4 Å². The van der Waals surface area contributed by atoms with Gasteiger partial charge in [-0.3, -0.25) is 0 Å². The van der Waals surface area contributed by atoms with Crippen molar-refractivity contribution in [3.05, 3.63) is 35.4 Å². The Morgan fingerprint density at radius 3 is 3.00 bits per heavy atom. The van der Waals surface area contributed by atoms with E-state index in [4.69, 9.17) is 0 Å². The van der Waals surface area contributed by atoms with Crippen molar-refractivity contribution in [1.82, 2.24) is 0 Å². The second-order valence-corrected chi connectivity index (χ2v) is 4.18. The van der Waals surface area contributed by atoms with E-state index in [-0.39, 0.29) is 0 Å². The summed E-state index contributed by atoms with van der Waals surface area (Å²) >= 11 is 1.86. The van der Waals surface area contributed by atoms with Gasteiger partial charge in [-0.05, 0) is 17.5 Å². The molecule has 1 unspecified atom stereocenters. The normalized spacial score (nSPS) is 23.7. The lowest BCUT2D eigenvalue weighted by atomic mass is 10.1. The van der Waals surface area contributed by atoms with Crippen LogP contribution in [0.4, 0.5) is 11.4 Å².